The van der Waals surface area contributed by atoms with Gasteiger partial charge in [-0.3, -0.25) is 14.4 Å². The second-order valence-corrected chi connectivity index (χ2v) is 8.00. The number of hydrogen-bond acceptors (Lipinski definition) is 4. The molecular formula is C21H18Cl2N4O3. The topological polar surface area (TPSA) is 86.4 Å². The number of fused-ring (bicyclic) bond motifs is 1. The highest BCUT2D eigenvalue weighted by Gasteiger charge is 2.27. The van der Waals surface area contributed by atoms with Crippen molar-refractivity contribution < 1.29 is 9.59 Å². The van der Waals surface area contributed by atoms with Gasteiger partial charge in [0.2, 0.25) is 5.43 Å². The number of carbonyl (C=O) groups excluding carboxylic acids is 2. The van der Waals surface area contributed by atoms with Gasteiger partial charge in [-0.25, -0.2) is 4.98 Å². The molecule has 1 fully saturated rings. The molecule has 2 amide bonds. The van der Waals surface area contributed by atoms with E-state index in [4.69, 9.17) is 23.2 Å². The van der Waals surface area contributed by atoms with Crippen LogP contribution in [0.25, 0.3) is 11.0 Å². The van der Waals surface area contributed by atoms with Crippen molar-refractivity contribution in [3.05, 3.63) is 73.6 Å². The zero-order valence-electron chi connectivity index (χ0n) is 16.1. The van der Waals surface area contributed by atoms with E-state index in [2.05, 4.69) is 9.97 Å². The summed E-state index contributed by atoms with van der Waals surface area (Å²) in [6.45, 7) is 3.17. The predicted molar refractivity (Wildman–Crippen MR) is 115 cm³/mol. The number of piperazine rings is 1. The van der Waals surface area contributed by atoms with Crippen LogP contribution < -0.4 is 5.43 Å². The van der Waals surface area contributed by atoms with Crippen LogP contribution in [0.1, 0.15) is 26.4 Å². The number of hydrogen-bond donors (Lipinski definition) is 1. The number of aromatic nitrogens is 2. The first kappa shape index (κ1) is 20.4. The summed E-state index contributed by atoms with van der Waals surface area (Å²) >= 11 is 12.0. The number of aryl methyl sites for hydroxylation is 1. The van der Waals surface area contributed by atoms with Crippen molar-refractivity contribution >= 4 is 46.0 Å². The van der Waals surface area contributed by atoms with Gasteiger partial charge in [0.1, 0.15) is 11.2 Å². The van der Waals surface area contributed by atoms with E-state index in [1.165, 1.54) is 6.20 Å². The lowest BCUT2D eigenvalue weighted by atomic mass is 10.1. The Bertz CT molecular complexity index is 1200. The minimum atomic E-state index is -0.364. The SMILES string of the molecule is Cc1ccc2c(=O)c(C(=O)N3CCN(C(=O)c4cc(Cl)cc(Cl)c4)CC3)c[nH]c2n1. The third-order valence-corrected chi connectivity index (χ3v) is 5.51. The first-order valence-electron chi connectivity index (χ1n) is 9.37. The van der Waals surface area contributed by atoms with E-state index in [-0.39, 0.29) is 22.8 Å². The number of aromatic amines is 1. The van der Waals surface area contributed by atoms with Gasteiger partial charge in [0.25, 0.3) is 11.8 Å². The fourth-order valence-electron chi connectivity index (χ4n) is 3.50. The average Bonchev–Trinajstić information content (AvgIpc) is 2.72. The molecule has 7 nitrogen and oxygen atoms in total. The average molecular weight is 445 g/mol. The molecule has 154 valence electrons. The lowest BCUT2D eigenvalue weighted by Crippen LogP contribution is -2.51. The van der Waals surface area contributed by atoms with Gasteiger partial charge in [-0.15, -0.1) is 0 Å². The molecule has 1 aliphatic rings. The molecule has 0 saturated carbocycles. The number of halogens is 2. The van der Waals surface area contributed by atoms with Crippen LogP contribution in [0, 0.1) is 6.92 Å². The fourth-order valence-corrected chi connectivity index (χ4v) is 4.03. The van der Waals surface area contributed by atoms with Crippen molar-refractivity contribution in [3.8, 4) is 0 Å². The van der Waals surface area contributed by atoms with E-state index in [0.717, 1.165) is 5.69 Å². The van der Waals surface area contributed by atoms with Crippen LogP contribution in [-0.4, -0.2) is 57.8 Å². The van der Waals surface area contributed by atoms with Crippen LogP contribution in [0.15, 0.2) is 41.3 Å². The van der Waals surface area contributed by atoms with Gasteiger partial charge in [-0.05, 0) is 37.3 Å². The smallest absolute Gasteiger partial charge is 0.259 e. The summed E-state index contributed by atoms with van der Waals surface area (Å²) in [6, 6.07) is 8.10. The Morgan fingerprint density at radius 3 is 2.20 bits per heavy atom. The molecule has 0 spiro atoms. The summed E-state index contributed by atoms with van der Waals surface area (Å²) in [6.07, 6.45) is 1.41. The largest absolute Gasteiger partial charge is 0.345 e. The van der Waals surface area contributed by atoms with Crippen molar-refractivity contribution in [1.82, 2.24) is 19.8 Å². The lowest BCUT2D eigenvalue weighted by molar-refractivity contribution is 0.0534. The minimum absolute atomic E-state index is 0.0644. The van der Waals surface area contributed by atoms with Gasteiger partial charge in [-0.2, -0.15) is 0 Å². The molecule has 0 unspecified atom stereocenters. The maximum atomic E-state index is 12.9. The molecule has 0 aliphatic carbocycles. The van der Waals surface area contributed by atoms with E-state index in [0.29, 0.717) is 52.8 Å². The Kier molecular flexibility index (Phi) is 5.49. The van der Waals surface area contributed by atoms with E-state index in [1.807, 2.05) is 6.92 Å². The Hall–Kier alpha value is -2.90. The Balaban J connectivity index is 1.49. The Morgan fingerprint density at radius 1 is 0.967 bits per heavy atom. The van der Waals surface area contributed by atoms with Crippen LogP contribution in [0.4, 0.5) is 0 Å². The third-order valence-electron chi connectivity index (χ3n) is 5.07. The molecule has 1 N–H and O–H groups in total. The number of amides is 2. The zero-order valence-corrected chi connectivity index (χ0v) is 17.6. The maximum absolute atomic E-state index is 12.9. The second kappa shape index (κ2) is 8.08. The molecule has 1 aromatic carbocycles. The van der Waals surface area contributed by atoms with Crippen molar-refractivity contribution in [2.75, 3.05) is 26.2 Å². The molecular weight excluding hydrogens is 427 g/mol. The standard InChI is InChI=1S/C21H18Cl2N4O3/c1-12-2-3-16-18(28)17(11-24-19(16)25-12)21(30)27-6-4-26(5-7-27)20(29)13-8-14(22)10-15(23)9-13/h2-3,8-11H,4-7H2,1H3,(H,24,25,28). The number of H-pyrrole nitrogens is 1. The molecule has 4 rings (SSSR count). The molecule has 3 heterocycles. The molecule has 30 heavy (non-hydrogen) atoms. The van der Waals surface area contributed by atoms with Crippen molar-refractivity contribution in [3.63, 3.8) is 0 Å². The first-order chi connectivity index (χ1) is 14.3. The first-order valence-corrected chi connectivity index (χ1v) is 10.1. The van der Waals surface area contributed by atoms with E-state index in [1.54, 1.807) is 40.1 Å². The summed E-state index contributed by atoms with van der Waals surface area (Å²) in [7, 11) is 0. The number of carbonyl (C=O) groups is 2. The van der Waals surface area contributed by atoms with Gasteiger partial charge in [0, 0.05) is 53.7 Å². The van der Waals surface area contributed by atoms with Crippen LogP contribution in [0.3, 0.4) is 0 Å². The Morgan fingerprint density at radius 2 is 1.57 bits per heavy atom. The molecule has 0 atom stereocenters. The molecule has 3 aromatic rings. The van der Waals surface area contributed by atoms with Crippen molar-refractivity contribution in [1.29, 1.82) is 0 Å². The summed E-state index contributed by atoms with van der Waals surface area (Å²) in [5.74, 6) is -0.562. The van der Waals surface area contributed by atoms with Crippen LogP contribution in [-0.2, 0) is 0 Å². The summed E-state index contributed by atoms with van der Waals surface area (Å²) in [5, 5.41) is 1.15. The van der Waals surface area contributed by atoms with Crippen LogP contribution in [0.5, 0.6) is 0 Å². The fraction of sp³-hybridized carbons (Fsp3) is 0.238. The van der Waals surface area contributed by atoms with E-state index < -0.39 is 0 Å². The van der Waals surface area contributed by atoms with Crippen molar-refractivity contribution in [2.45, 2.75) is 6.92 Å². The van der Waals surface area contributed by atoms with Gasteiger partial charge in [-0.1, -0.05) is 23.2 Å². The maximum Gasteiger partial charge on any atom is 0.259 e. The monoisotopic (exact) mass is 444 g/mol. The highest BCUT2D eigenvalue weighted by molar-refractivity contribution is 6.35. The van der Waals surface area contributed by atoms with Crippen LogP contribution in [0.2, 0.25) is 10.0 Å². The predicted octanol–water partition coefficient (Wildman–Crippen LogP) is 3.14. The van der Waals surface area contributed by atoms with Gasteiger partial charge in [0.15, 0.2) is 0 Å². The lowest BCUT2D eigenvalue weighted by Gasteiger charge is -2.34. The number of nitrogens with zero attached hydrogens (tertiary/aromatic N) is 3. The number of benzene rings is 1. The molecule has 0 radical (unpaired) electrons. The second-order valence-electron chi connectivity index (χ2n) is 7.12. The van der Waals surface area contributed by atoms with Crippen molar-refractivity contribution in [2.24, 2.45) is 0 Å². The third kappa shape index (κ3) is 3.91. The van der Waals surface area contributed by atoms with Gasteiger partial charge in [0.05, 0.1) is 5.39 Å². The summed E-state index contributed by atoms with van der Waals surface area (Å²) in [4.78, 5) is 48.8. The number of rotatable bonds is 2. The highest BCUT2D eigenvalue weighted by atomic mass is 35.5. The van der Waals surface area contributed by atoms with E-state index in [9.17, 15) is 14.4 Å². The molecule has 1 aliphatic heterocycles. The summed E-state index contributed by atoms with van der Waals surface area (Å²) < 4.78 is 0. The molecule has 0 bridgehead atoms. The quantitative estimate of drug-likeness (QED) is 0.657. The van der Waals surface area contributed by atoms with E-state index >= 15 is 0 Å². The normalized spacial score (nSPS) is 14.2. The van der Waals surface area contributed by atoms with Gasteiger partial charge >= 0.3 is 0 Å². The molecule has 2 aromatic heterocycles. The molecule has 9 heteroatoms. The minimum Gasteiger partial charge on any atom is -0.345 e. The van der Waals surface area contributed by atoms with Crippen LogP contribution >= 0.6 is 23.2 Å². The zero-order chi connectivity index (χ0) is 21.4. The Labute approximate surface area is 182 Å². The number of pyridine rings is 2. The summed E-state index contributed by atoms with van der Waals surface area (Å²) in [5.41, 5.74) is 1.34. The number of nitrogens with one attached hydrogen (secondary N) is 1. The highest BCUT2D eigenvalue weighted by Crippen LogP contribution is 2.21. The molecule has 1 saturated heterocycles. The van der Waals surface area contributed by atoms with Gasteiger partial charge < -0.3 is 14.8 Å².